The third-order valence-corrected chi connectivity index (χ3v) is 4.58. The van der Waals surface area contributed by atoms with Gasteiger partial charge in [0.1, 0.15) is 0 Å². The Bertz CT molecular complexity index is 679. The minimum absolute atomic E-state index is 0.336. The number of benzene rings is 2. The van der Waals surface area contributed by atoms with E-state index in [4.69, 9.17) is 23.2 Å². The van der Waals surface area contributed by atoms with Crippen molar-refractivity contribution in [3.05, 3.63) is 69.7 Å². The van der Waals surface area contributed by atoms with Crippen LogP contribution in [0.3, 0.4) is 0 Å². The van der Waals surface area contributed by atoms with Crippen LogP contribution in [0.4, 0.5) is 0 Å². The summed E-state index contributed by atoms with van der Waals surface area (Å²) in [6.07, 6.45) is 0.870. The highest BCUT2D eigenvalue weighted by atomic mass is 35.5. The van der Waals surface area contributed by atoms with Crippen LogP contribution in [0.25, 0.3) is 0 Å². The fourth-order valence-electron chi connectivity index (χ4n) is 2.98. The molecule has 2 aromatic carbocycles. The van der Waals surface area contributed by atoms with Gasteiger partial charge in [-0.25, -0.2) is 0 Å². The number of nitrogens with zero attached hydrogens (tertiary/aromatic N) is 2. The molecule has 1 aliphatic heterocycles. The quantitative estimate of drug-likeness (QED) is 0.585. The van der Waals surface area contributed by atoms with Crippen molar-refractivity contribution in [3.63, 3.8) is 0 Å². The maximum absolute atomic E-state index is 10.7. The van der Waals surface area contributed by atoms with Gasteiger partial charge in [0.05, 0.1) is 17.8 Å². The Balaban J connectivity index is 1.98. The van der Waals surface area contributed by atoms with Gasteiger partial charge in [0, 0.05) is 22.9 Å². The number of oxime groups is 1. The van der Waals surface area contributed by atoms with Crippen LogP contribution in [0.5, 0.6) is 0 Å². The zero-order valence-corrected chi connectivity index (χ0v) is 13.7. The minimum atomic E-state index is -0.336. The Morgan fingerprint density at radius 1 is 0.913 bits per heavy atom. The van der Waals surface area contributed by atoms with Crippen LogP contribution in [-0.2, 0) is 0 Å². The lowest BCUT2D eigenvalue weighted by Crippen LogP contribution is -2.37. The molecule has 0 aliphatic carbocycles. The molecular weight excluding hydrogens is 335 g/mol. The Morgan fingerprint density at radius 2 is 1.39 bits per heavy atom. The number of hydroxylamine groups is 2. The van der Waals surface area contributed by atoms with E-state index in [0.29, 0.717) is 28.6 Å². The lowest BCUT2D eigenvalue weighted by Gasteiger charge is -2.38. The van der Waals surface area contributed by atoms with Crippen LogP contribution in [0, 0.1) is 0 Å². The lowest BCUT2D eigenvalue weighted by molar-refractivity contribution is -0.167. The Hall–Kier alpha value is -1.59. The first-order valence-corrected chi connectivity index (χ1v) is 8.02. The summed E-state index contributed by atoms with van der Waals surface area (Å²) in [4.78, 5) is 0. The summed E-state index contributed by atoms with van der Waals surface area (Å²) in [5.41, 5.74) is 2.37. The summed E-state index contributed by atoms with van der Waals surface area (Å²) in [6, 6.07) is 14.0. The molecule has 3 rings (SSSR count). The molecule has 2 aromatic rings. The summed E-state index contributed by atoms with van der Waals surface area (Å²) < 4.78 is 0. The van der Waals surface area contributed by atoms with E-state index in [2.05, 4.69) is 5.16 Å². The zero-order valence-electron chi connectivity index (χ0n) is 12.2. The highest BCUT2D eigenvalue weighted by Crippen LogP contribution is 2.40. The molecule has 0 unspecified atom stereocenters. The molecule has 2 atom stereocenters. The van der Waals surface area contributed by atoms with Crippen molar-refractivity contribution in [1.29, 1.82) is 0 Å². The molecule has 0 spiro atoms. The summed E-state index contributed by atoms with van der Waals surface area (Å²) in [5.74, 6) is 0. The first-order chi connectivity index (χ1) is 11.1. The topological polar surface area (TPSA) is 56.1 Å². The van der Waals surface area contributed by atoms with Gasteiger partial charge in [0.25, 0.3) is 0 Å². The van der Waals surface area contributed by atoms with Gasteiger partial charge < -0.3 is 10.4 Å². The first-order valence-electron chi connectivity index (χ1n) is 7.26. The van der Waals surface area contributed by atoms with Gasteiger partial charge in [-0.3, -0.25) is 0 Å². The molecule has 0 saturated carbocycles. The van der Waals surface area contributed by atoms with Crippen molar-refractivity contribution in [2.24, 2.45) is 5.16 Å². The van der Waals surface area contributed by atoms with E-state index in [9.17, 15) is 10.4 Å². The van der Waals surface area contributed by atoms with Gasteiger partial charge in [-0.1, -0.05) is 52.6 Å². The van der Waals surface area contributed by atoms with Crippen molar-refractivity contribution in [3.8, 4) is 0 Å². The average molecular weight is 351 g/mol. The first kappa shape index (κ1) is 16.3. The fraction of sp³-hybridized carbons (Fsp3) is 0.235. The SMILES string of the molecule is ON=C1C[C@@H](c2cccc(Cl)c2)N(O)[C@H](c2cccc(Cl)c2)C1. The van der Waals surface area contributed by atoms with Crippen LogP contribution in [0.2, 0.25) is 10.0 Å². The van der Waals surface area contributed by atoms with Crippen LogP contribution in [0.1, 0.15) is 36.1 Å². The smallest absolute Gasteiger partial charge is 0.0660 e. The van der Waals surface area contributed by atoms with Gasteiger partial charge in [0.2, 0.25) is 0 Å². The number of hydrogen-bond acceptors (Lipinski definition) is 4. The van der Waals surface area contributed by atoms with Gasteiger partial charge in [0.15, 0.2) is 0 Å². The lowest BCUT2D eigenvalue weighted by atomic mass is 9.88. The summed E-state index contributed by atoms with van der Waals surface area (Å²) in [6.45, 7) is 0. The molecule has 1 aliphatic rings. The molecule has 1 fully saturated rings. The monoisotopic (exact) mass is 350 g/mol. The van der Waals surface area contributed by atoms with Gasteiger partial charge in [-0.2, -0.15) is 5.06 Å². The van der Waals surface area contributed by atoms with E-state index in [1.807, 2.05) is 36.4 Å². The summed E-state index contributed by atoms with van der Waals surface area (Å²) in [7, 11) is 0. The van der Waals surface area contributed by atoms with Crippen molar-refractivity contribution in [2.75, 3.05) is 0 Å². The number of piperidine rings is 1. The molecule has 0 amide bonds. The van der Waals surface area contributed by atoms with E-state index in [1.54, 1.807) is 12.1 Å². The third kappa shape index (κ3) is 3.51. The molecule has 1 heterocycles. The predicted octanol–water partition coefficient (Wildman–Crippen LogP) is 5.09. The van der Waals surface area contributed by atoms with E-state index in [1.165, 1.54) is 5.06 Å². The highest BCUT2D eigenvalue weighted by molar-refractivity contribution is 6.30. The molecule has 4 nitrogen and oxygen atoms in total. The van der Waals surface area contributed by atoms with E-state index >= 15 is 0 Å². The average Bonchev–Trinajstić information content (AvgIpc) is 2.55. The van der Waals surface area contributed by atoms with Crippen molar-refractivity contribution in [1.82, 2.24) is 5.06 Å². The van der Waals surface area contributed by atoms with Gasteiger partial charge in [-0.15, -0.1) is 0 Å². The standard InChI is InChI=1S/C17H16Cl2N2O2/c18-13-5-1-3-11(7-13)16-9-15(20-22)10-17(21(16)23)12-4-2-6-14(19)8-12/h1-8,16-17,22-23H,9-10H2/t16-,17-/m0/s1. The fourth-order valence-corrected chi connectivity index (χ4v) is 3.38. The number of halogens is 2. The molecule has 2 N–H and O–H groups in total. The normalized spacial score (nSPS) is 22.1. The minimum Gasteiger partial charge on any atom is -0.411 e. The number of hydrogen-bond donors (Lipinski definition) is 2. The second-order valence-corrected chi connectivity index (χ2v) is 6.47. The van der Waals surface area contributed by atoms with Gasteiger partial charge >= 0.3 is 0 Å². The molecule has 1 saturated heterocycles. The highest BCUT2D eigenvalue weighted by Gasteiger charge is 2.35. The van der Waals surface area contributed by atoms with Crippen LogP contribution >= 0.6 is 23.2 Å². The largest absolute Gasteiger partial charge is 0.411 e. The van der Waals surface area contributed by atoms with Crippen molar-refractivity contribution >= 4 is 28.9 Å². The van der Waals surface area contributed by atoms with Crippen LogP contribution in [0.15, 0.2) is 53.7 Å². The molecule has 0 radical (unpaired) electrons. The predicted molar refractivity (Wildman–Crippen MR) is 90.5 cm³/mol. The second-order valence-electron chi connectivity index (χ2n) is 5.60. The van der Waals surface area contributed by atoms with E-state index < -0.39 is 0 Å². The Labute approximate surface area is 144 Å². The molecular formula is C17H16Cl2N2O2. The molecule has 6 heteroatoms. The van der Waals surface area contributed by atoms with Gasteiger partial charge in [-0.05, 0) is 35.4 Å². The zero-order chi connectivity index (χ0) is 16.4. The summed E-state index contributed by atoms with van der Waals surface area (Å²) >= 11 is 12.1. The Morgan fingerprint density at radius 3 is 1.78 bits per heavy atom. The third-order valence-electron chi connectivity index (χ3n) is 4.10. The maximum Gasteiger partial charge on any atom is 0.0660 e. The molecule has 23 heavy (non-hydrogen) atoms. The second kappa shape index (κ2) is 6.89. The van der Waals surface area contributed by atoms with Crippen LogP contribution < -0.4 is 0 Å². The summed E-state index contributed by atoms with van der Waals surface area (Å²) in [5, 5.41) is 25.9. The van der Waals surface area contributed by atoms with Crippen molar-refractivity contribution in [2.45, 2.75) is 24.9 Å². The molecule has 120 valence electrons. The molecule has 0 bridgehead atoms. The van der Waals surface area contributed by atoms with Crippen LogP contribution in [-0.4, -0.2) is 21.2 Å². The van der Waals surface area contributed by atoms with E-state index in [-0.39, 0.29) is 12.1 Å². The molecule has 0 aromatic heterocycles. The maximum atomic E-state index is 10.7. The Kier molecular flexibility index (Phi) is 4.87. The number of rotatable bonds is 2. The van der Waals surface area contributed by atoms with Crippen molar-refractivity contribution < 1.29 is 10.4 Å². The van der Waals surface area contributed by atoms with E-state index in [0.717, 1.165) is 11.1 Å².